The highest BCUT2D eigenvalue weighted by molar-refractivity contribution is 6.18. The number of rotatable bonds is 3. The van der Waals surface area contributed by atoms with Crippen LogP contribution in [-0.2, 0) is 13.0 Å². The Morgan fingerprint density at radius 3 is 2.48 bits per heavy atom. The molecular weight excluding hydrogens is 338 g/mol. The molecule has 0 saturated heterocycles. The van der Waals surface area contributed by atoms with E-state index in [9.17, 15) is 9.59 Å². The fraction of sp³-hybridized carbons (Fsp3) is 0.217. The molecule has 1 N–H and O–H groups in total. The highest BCUT2D eigenvalue weighted by Crippen LogP contribution is 2.42. The number of fused-ring (bicyclic) bond motifs is 3. The molecule has 0 spiro atoms. The maximum atomic E-state index is 13.1. The van der Waals surface area contributed by atoms with Crippen LogP contribution in [0.1, 0.15) is 45.8 Å². The van der Waals surface area contributed by atoms with Crippen LogP contribution in [0.2, 0.25) is 0 Å². The number of carboxylic acid groups (broad SMARTS) is 1. The summed E-state index contributed by atoms with van der Waals surface area (Å²) in [4.78, 5) is 24.1. The molecule has 136 valence electrons. The topological polar surface area (TPSA) is 59.3 Å². The molecule has 1 aliphatic carbocycles. The predicted octanol–water partition coefficient (Wildman–Crippen LogP) is 4.71. The van der Waals surface area contributed by atoms with Crippen LogP contribution in [0.25, 0.3) is 10.9 Å². The van der Waals surface area contributed by atoms with Gasteiger partial charge < -0.3 is 9.67 Å². The summed E-state index contributed by atoms with van der Waals surface area (Å²) in [5, 5.41) is 10.0. The average molecular weight is 359 g/mol. The van der Waals surface area contributed by atoms with Crippen molar-refractivity contribution in [1.82, 2.24) is 4.57 Å². The minimum Gasteiger partial charge on any atom is -0.478 e. The second-order valence-electron chi connectivity index (χ2n) is 7.80. The molecule has 0 aliphatic heterocycles. The first-order chi connectivity index (χ1) is 12.8. The average Bonchev–Trinajstić information content (AvgIpc) is 2.93. The molecule has 0 radical (unpaired) electrons. The lowest BCUT2D eigenvalue weighted by atomic mass is 9.72. The van der Waals surface area contributed by atoms with E-state index in [1.165, 1.54) is 0 Å². The fourth-order valence-corrected chi connectivity index (χ4v) is 3.89. The molecular formula is C23H21NO3. The SMILES string of the molecule is C=C1C(=O)c2c(n(Cc3ccc(C(=O)O)cc3)c3ccccc23)CC1(C)C. The van der Waals surface area contributed by atoms with Crippen LogP contribution in [-0.4, -0.2) is 21.4 Å². The number of Topliss-reactive ketones (excluding diaryl/α,β-unsaturated/α-hetero) is 1. The number of carboxylic acids is 1. The van der Waals surface area contributed by atoms with Gasteiger partial charge in [-0.15, -0.1) is 0 Å². The Balaban J connectivity index is 1.88. The molecule has 3 aromatic rings. The maximum absolute atomic E-state index is 13.1. The molecule has 1 aromatic heterocycles. The smallest absolute Gasteiger partial charge is 0.335 e. The largest absolute Gasteiger partial charge is 0.478 e. The van der Waals surface area contributed by atoms with E-state index in [4.69, 9.17) is 5.11 Å². The van der Waals surface area contributed by atoms with Gasteiger partial charge in [0, 0.05) is 23.1 Å². The van der Waals surface area contributed by atoms with Gasteiger partial charge in [-0.25, -0.2) is 4.79 Å². The minimum atomic E-state index is -0.934. The number of para-hydroxylation sites is 1. The zero-order chi connectivity index (χ0) is 19.3. The first-order valence-electron chi connectivity index (χ1n) is 8.96. The third kappa shape index (κ3) is 2.69. The van der Waals surface area contributed by atoms with Gasteiger partial charge in [-0.05, 0) is 41.2 Å². The Hall–Kier alpha value is -3.14. The van der Waals surface area contributed by atoms with Gasteiger partial charge in [-0.1, -0.05) is 50.8 Å². The van der Waals surface area contributed by atoms with Gasteiger partial charge in [0.2, 0.25) is 0 Å². The monoisotopic (exact) mass is 359 g/mol. The molecule has 0 fully saturated rings. The molecule has 27 heavy (non-hydrogen) atoms. The lowest BCUT2D eigenvalue weighted by Crippen LogP contribution is -2.30. The lowest BCUT2D eigenvalue weighted by Gasteiger charge is -2.32. The summed E-state index contributed by atoms with van der Waals surface area (Å²) in [6.07, 6.45) is 0.745. The summed E-state index contributed by atoms with van der Waals surface area (Å²) < 4.78 is 2.19. The van der Waals surface area contributed by atoms with Crippen molar-refractivity contribution in [3.05, 3.63) is 83.1 Å². The van der Waals surface area contributed by atoms with E-state index in [1.807, 2.05) is 36.4 Å². The van der Waals surface area contributed by atoms with Crippen molar-refractivity contribution in [1.29, 1.82) is 0 Å². The predicted molar refractivity (Wildman–Crippen MR) is 105 cm³/mol. The highest BCUT2D eigenvalue weighted by atomic mass is 16.4. The molecule has 4 nitrogen and oxygen atoms in total. The van der Waals surface area contributed by atoms with Crippen molar-refractivity contribution in [2.75, 3.05) is 0 Å². The van der Waals surface area contributed by atoms with E-state index in [-0.39, 0.29) is 16.8 Å². The molecule has 1 heterocycles. The second-order valence-corrected chi connectivity index (χ2v) is 7.80. The zero-order valence-electron chi connectivity index (χ0n) is 15.5. The molecule has 0 unspecified atom stereocenters. The number of hydrogen-bond donors (Lipinski definition) is 1. The van der Waals surface area contributed by atoms with Gasteiger partial charge in [0.05, 0.1) is 11.1 Å². The summed E-state index contributed by atoms with van der Waals surface area (Å²) >= 11 is 0. The van der Waals surface area contributed by atoms with Crippen molar-refractivity contribution in [3.63, 3.8) is 0 Å². The van der Waals surface area contributed by atoms with Crippen LogP contribution in [0.3, 0.4) is 0 Å². The van der Waals surface area contributed by atoms with E-state index >= 15 is 0 Å². The van der Waals surface area contributed by atoms with Gasteiger partial charge in [0.15, 0.2) is 5.78 Å². The Bertz CT molecular complexity index is 1100. The summed E-state index contributed by atoms with van der Waals surface area (Å²) in [5.41, 5.74) is 4.44. The van der Waals surface area contributed by atoms with Crippen LogP contribution >= 0.6 is 0 Å². The van der Waals surface area contributed by atoms with Crippen LogP contribution in [0.15, 0.2) is 60.7 Å². The molecule has 0 amide bonds. The Kier molecular flexibility index (Phi) is 3.81. The summed E-state index contributed by atoms with van der Waals surface area (Å²) in [5.74, 6) is -0.909. The summed E-state index contributed by atoms with van der Waals surface area (Å²) in [6, 6.07) is 14.8. The molecule has 4 rings (SSSR count). The molecule has 2 aromatic carbocycles. The quantitative estimate of drug-likeness (QED) is 0.689. The number of aromatic carboxylic acids is 1. The second kappa shape index (κ2) is 5.95. The summed E-state index contributed by atoms with van der Waals surface area (Å²) in [6.45, 7) is 8.76. The van der Waals surface area contributed by atoms with Crippen molar-refractivity contribution in [2.45, 2.75) is 26.8 Å². The Morgan fingerprint density at radius 1 is 1.15 bits per heavy atom. The van der Waals surface area contributed by atoms with Crippen LogP contribution in [0, 0.1) is 5.41 Å². The van der Waals surface area contributed by atoms with Crippen LogP contribution in [0.5, 0.6) is 0 Å². The van der Waals surface area contributed by atoms with Gasteiger partial charge in [0.1, 0.15) is 0 Å². The van der Waals surface area contributed by atoms with Crippen molar-refractivity contribution in [2.24, 2.45) is 5.41 Å². The Morgan fingerprint density at radius 2 is 1.81 bits per heavy atom. The van der Waals surface area contributed by atoms with Gasteiger partial charge in [-0.3, -0.25) is 4.79 Å². The maximum Gasteiger partial charge on any atom is 0.335 e. The highest BCUT2D eigenvalue weighted by Gasteiger charge is 2.38. The molecule has 0 saturated carbocycles. The van der Waals surface area contributed by atoms with Gasteiger partial charge in [-0.2, -0.15) is 0 Å². The van der Waals surface area contributed by atoms with Crippen molar-refractivity contribution < 1.29 is 14.7 Å². The molecule has 4 heteroatoms. The number of benzene rings is 2. The third-order valence-electron chi connectivity index (χ3n) is 5.55. The van der Waals surface area contributed by atoms with Crippen LogP contribution in [0.4, 0.5) is 0 Å². The van der Waals surface area contributed by atoms with E-state index in [0.717, 1.165) is 34.1 Å². The standard InChI is InChI=1S/C23H21NO3/c1-14-21(25)20-17-6-4-5-7-18(17)24(19(20)12-23(14,2)3)13-15-8-10-16(11-9-15)22(26)27/h4-11H,1,12-13H2,2-3H3,(H,26,27). The van der Waals surface area contributed by atoms with E-state index < -0.39 is 5.97 Å². The number of carbonyl (C=O) groups excluding carboxylic acids is 1. The molecule has 0 atom stereocenters. The van der Waals surface area contributed by atoms with Crippen molar-refractivity contribution in [3.8, 4) is 0 Å². The first-order valence-corrected chi connectivity index (χ1v) is 8.96. The third-order valence-corrected chi connectivity index (χ3v) is 5.55. The lowest BCUT2D eigenvalue weighted by molar-refractivity contribution is 0.0696. The zero-order valence-corrected chi connectivity index (χ0v) is 15.5. The van der Waals surface area contributed by atoms with Gasteiger partial charge in [0.25, 0.3) is 0 Å². The number of aromatic nitrogens is 1. The van der Waals surface area contributed by atoms with E-state index in [1.54, 1.807) is 12.1 Å². The Labute approximate surface area is 157 Å². The van der Waals surface area contributed by atoms with E-state index in [0.29, 0.717) is 12.1 Å². The number of carbonyl (C=O) groups is 2. The molecule has 0 bridgehead atoms. The van der Waals surface area contributed by atoms with Crippen LogP contribution < -0.4 is 0 Å². The number of nitrogens with zero attached hydrogens (tertiary/aromatic N) is 1. The van der Waals surface area contributed by atoms with E-state index in [2.05, 4.69) is 25.0 Å². The number of allylic oxidation sites excluding steroid dienone is 1. The molecule has 1 aliphatic rings. The fourth-order valence-electron chi connectivity index (χ4n) is 3.89. The van der Waals surface area contributed by atoms with Crippen molar-refractivity contribution >= 4 is 22.7 Å². The minimum absolute atomic E-state index is 0.0254. The number of hydrogen-bond acceptors (Lipinski definition) is 2. The first kappa shape index (κ1) is 17.3. The number of ketones is 1. The normalized spacial score (nSPS) is 15.8. The summed E-state index contributed by atoms with van der Waals surface area (Å²) in [7, 11) is 0. The van der Waals surface area contributed by atoms with Gasteiger partial charge >= 0.3 is 5.97 Å².